The van der Waals surface area contributed by atoms with Gasteiger partial charge in [0.15, 0.2) is 0 Å². The zero-order chi connectivity index (χ0) is 27.6. The Labute approximate surface area is 239 Å². The summed E-state index contributed by atoms with van der Waals surface area (Å²) in [7, 11) is -21.4. The summed E-state index contributed by atoms with van der Waals surface area (Å²) < 4.78 is 138. The minimum Gasteiger partial charge on any atom is -0.282 e. The van der Waals surface area contributed by atoms with Crippen molar-refractivity contribution < 1.29 is 51.9 Å². The fourth-order valence-corrected chi connectivity index (χ4v) is 8.78. The van der Waals surface area contributed by atoms with Crippen LogP contribution in [0.25, 0.3) is 21.5 Å². The fraction of sp³-hybridized carbons (Fsp3) is 0.0476. The van der Waals surface area contributed by atoms with Crippen molar-refractivity contribution in [2.24, 2.45) is 0 Å². The van der Waals surface area contributed by atoms with Crippen molar-refractivity contribution in [2.45, 2.75) is 26.0 Å². The van der Waals surface area contributed by atoms with Gasteiger partial charge in [0.25, 0.3) is 40.5 Å². The van der Waals surface area contributed by atoms with Crippen LogP contribution in [0, 0.1) is 0 Å². The second-order valence-electron chi connectivity index (χ2n) is 7.91. The van der Waals surface area contributed by atoms with E-state index in [0.29, 0.717) is 0 Å². The Morgan fingerprint density at radius 3 is 1.05 bits per heavy atom. The van der Waals surface area contributed by atoms with Crippen molar-refractivity contribution in [3.05, 3.63) is 71.8 Å². The first kappa shape index (κ1) is 30.6. The van der Waals surface area contributed by atoms with E-state index in [-0.39, 0.29) is 51.1 Å². The van der Waals surface area contributed by atoms with E-state index in [2.05, 4.69) is 0 Å². The van der Waals surface area contributed by atoms with Crippen molar-refractivity contribution in [2.75, 3.05) is 0 Å². The molecule has 4 aromatic carbocycles. The van der Waals surface area contributed by atoms with Crippen LogP contribution in [0.4, 0.5) is 0 Å². The molecule has 0 bridgehead atoms. The average molecular weight is 612 g/mol. The van der Waals surface area contributed by atoms with Gasteiger partial charge < -0.3 is 0 Å². The van der Waals surface area contributed by atoms with E-state index in [9.17, 15) is 51.9 Å². The topological polar surface area (TPSA) is 217 Å². The van der Waals surface area contributed by atoms with E-state index < -0.39 is 77.6 Å². The van der Waals surface area contributed by atoms with Crippen molar-refractivity contribution in [3.8, 4) is 0 Å². The van der Waals surface area contributed by atoms with E-state index >= 15 is 0 Å². The van der Waals surface area contributed by atoms with Crippen LogP contribution in [0.5, 0.6) is 0 Å². The minimum absolute atomic E-state index is 0. The first-order valence-electron chi connectivity index (χ1n) is 9.90. The van der Waals surface area contributed by atoms with Crippen molar-refractivity contribution in [1.29, 1.82) is 0 Å². The average Bonchev–Trinajstić information content (AvgIpc) is 2.74. The summed E-state index contributed by atoms with van der Waals surface area (Å²) in [5.74, 6) is 0. The van der Waals surface area contributed by atoms with Gasteiger partial charge in [-0.15, -0.1) is 0 Å². The molecule has 0 saturated carbocycles. The largest absolute Gasteiger partial charge is 0.296 e. The molecule has 4 rings (SSSR count). The van der Waals surface area contributed by atoms with Crippen LogP contribution >= 0.6 is 0 Å². The van der Waals surface area contributed by atoms with Crippen molar-refractivity contribution >= 4 is 91.6 Å². The van der Waals surface area contributed by atoms with Crippen LogP contribution in [0.1, 0.15) is 11.1 Å². The van der Waals surface area contributed by atoms with Crippen molar-refractivity contribution in [3.63, 3.8) is 0 Å². The Bertz CT molecular complexity index is 1900. The molecule has 0 aromatic heterocycles. The molecule has 0 aliphatic rings. The molecule has 0 amide bonds. The first-order valence-corrected chi connectivity index (χ1v) is 15.7. The molecule has 0 unspecified atom stereocenters. The third kappa shape index (κ3) is 5.80. The fourth-order valence-electron chi connectivity index (χ4n) is 4.25. The molecule has 0 spiro atoms. The molecule has 0 atom stereocenters. The molecule has 12 nitrogen and oxygen atoms in total. The third-order valence-electron chi connectivity index (χ3n) is 5.48. The van der Waals surface area contributed by atoms with E-state index in [1.165, 1.54) is 36.4 Å². The molecule has 197 valence electrons. The molecular weight excluding hydrogens is 595 g/mol. The summed E-state index contributed by atoms with van der Waals surface area (Å²) in [4.78, 5) is -4.94. The monoisotopic (exact) mass is 611 g/mol. The Balaban J connectivity index is 0.00000400. The number of hydrogen-bond donors (Lipinski definition) is 4. The Hall–Kier alpha value is -1.96. The van der Waals surface area contributed by atoms with Gasteiger partial charge in [-0.05, 0) is 34.0 Å². The van der Waals surface area contributed by atoms with Gasteiger partial charge in [0.2, 0.25) is 0 Å². The molecule has 0 saturated heterocycles. The second kappa shape index (κ2) is 10.2. The summed E-state index contributed by atoms with van der Waals surface area (Å²) in [5, 5.41) is -0.453. The molecule has 0 aliphatic heterocycles. The van der Waals surface area contributed by atoms with Crippen LogP contribution in [-0.2, 0) is 46.9 Å². The van der Waals surface area contributed by atoms with Crippen LogP contribution in [0.2, 0.25) is 0 Å². The maximum Gasteiger partial charge on any atom is 0.296 e. The maximum atomic E-state index is 12.4. The molecule has 1 radical (unpaired) electrons. The van der Waals surface area contributed by atoms with Gasteiger partial charge in [0.05, 0.1) is 0 Å². The maximum absolute atomic E-state index is 12.4. The summed E-state index contributed by atoms with van der Waals surface area (Å²) >= 11 is 0. The van der Waals surface area contributed by atoms with Gasteiger partial charge in [0.1, 0.15) is 19.6 Å². The zero-order valence-electron chi connectivity index (χ0n) is 19.2. The molecule has 17 heteroatoms. The van der Waals surface area contributed by atoms with Gasteiger partial charge >= 0.3 is 0 Å². The minimum atomic E-state index is -5.41. The molecule has 4 aromatic rings. The van der Waals surface area contributed by atoms with Crippen LogP contribution in [0.15, 0.2) is 80.2 Å². The van der Waals surface area contributed by atoms with Crippen LogP contribution in [-0.4, -0.2) is 81.4 Å². The van der Waals surface area contributed by atoms with Gasteiger partial charge in [-0.25, -0.2) is 0 Å². The summed E-state index contributed by atoms with van der Waals surface area (Å²) in [6.07, 6.45) is -0.884. The molecular formula is C21H16NaO12S4. The third-order valence-corrected chi connectivity index (χ3v) is 9.58. The molecule has 0 fully saturated rings. The number of fused-ring (bicyclic) bond motifs is 2. The van der Waals surface area contributed by atoms with E-state index in [1.807, 2.05) is 0 Å². The van der Waals surface area contributed by atoms with Crippen LogP contribution in [0.3, 0.4) is 0 Å². The molecule has 4 N–H and O–H groups in total. The summed E-state index contributed by atoms with van der Waals surface area (Å²) in [6, 6.07) is 12.7. The molecule has 38 heavy (non-hydrogen) atoms. The van der Waals surface area contributed by atoms with Gasteiger partial charge in [-0.1, -0.05) is 48.5 Å². The second-order valence-corrected chi connectivity index (χ2v) is 13.3. The summed E-state index contributed by atoms with van der Waals surface area (Å²) in [6.45, 7) is 0. The Morgan fingerprint density at radius 2 is 0.763 bits per heavy atom. The number of rotatable bonds is 6. The standard InChI is InChI=1S/C21H16O12S4.Na/c22-34(23,24)18-14(9-12-5-1-3-7-16(12)20(18)36(28,29)30)11-15-10-13-6-2-4-8-17(13)21(37(31,32)33)19(15)35(25,26)27;/h1-10H,11H2,(H,22,23,24)(H,25,26,27)(H,28,29,30)(H,31,32,33);. The number of hydrogen-bond acceptors (Lipinski definition) is 8. The van der Waals surface area contributed by atoms with Gasteiger partial charge in [0, 0.05) is 46.8 Å². The quantitative estimate of drug-likeness (QED) is 0.182. The van der Waals surface area contributed by atoms with Gasteiger partial charge in [-0.3, -0.25) is 18.2 Å². The van der Waals surface area contributed by atoms with E-state index in [0.717, 1.165) is 24.3 Å². The smallest absolute Gasteiger partial charge is 0.282 e. The van der Waals surface area contributed by atoms with E-state index in [4.69, 9.17) is 0 Å². The normalized spacial score (nSPS) is 12.9. The van der Waals surface area contributed by atoms with E-state index in [1.54, 1.807) is 0 Å². The SMILES string of the molecule is O=S(=O)(O)c1c(Cc2cc3ccccc3c(S(=O)(=O)O)c2S(=O)(=O)O)cc2ccccc2c1S(=O)(=O)O.[Na]. The predicted molar refractivity (Wildman–Crippen MR) is 136 cm³/mol. The molecule has 0 heterocycles. The van der Waals surface area contributed by atoms with Gasteiger partial charge in [-0.2, -0.15) is 33.7 Å². The summed E-state index contributed by atoms with van der Waals surface area (Å²) in [5.41, 5.74) is -1.12. The Morgan fingerprint density at radius 1 is 0.474 bits per heavy atom. The van der Waals surface area contributed by atoms with Crippen LogP contribution < -0.4 is 0 Å². The number of benzene rings is 4. The Kier molecular flexibility index (Phi) is 8.22. The zero-order valence-corrected chi connectivity index (χ0v) is 24.4. The predicted octanol–water partition coefficient (Wildman–Crippen LogP) is 2.19. The first-order chi connectivity index (χ1) is 16.9. The molecule has 0 aliphatic carbocycles. The van der Waals surface area contributed by atoms with Crippen molar-refractivity contribution in [1.82, 2.24) is 0 Å².